The van der Waals surface area contributed by atoms with Gasteiger partial charge in [0.1, 0.15) is 0 Å². The Morgan fingerprint density at radius 2 is 1.84 bits per heavy atom. The molecule has 0 aliphatic carbocycles. The normalized spacial score (nSPS) is 11.5. The van der Waals surface area contributed by atoms with Gasteiger partial charge in [-0.25, -0.2) is 13.1 Å². The Balaban J connectivity index is 2.12. The molecule has 6 heteroatoms. The Kier molecular flexibility index (Phi) is 4.34. The number of aromatic nitrogens is 1. The van der Waals surface area contributed by atoms with Crippen LogP contribution in [0.25, 0.3) is 0 Å². The molecule has 0 unspecified atom stereocenters. The lowest BCUT2D eigenvalue weighted by Gasteiger charge is -2.07. The average molecular weight is 341 g/mol. The fourth-order valence-corrected chi connectivity index (χ4v) is 2.83. The SMILES string of the molecule is Cc1cccc(CNS(=O)(=O)c2ccc(Br)cc2)n1. The molecule has 0 radical (unpaired) electrons. The van der Waals surface area contributed by atoms with Crippen molar-refractivity contribution >= 4 is 26.0 Å². The Labute approximate surface area is 121 Å². The molecule has 0 amide bonds. The molecule has 0 spiro atoms. The third-order valence-electron chi connectivity index (χ3n) is 2.51. The monoisotopic (exact) mass is 340 g/mol. The molecule has 19 heavy (non-hydrogen) atoms. The third kappa shape index (κ3) is 3.86. The first-order valence-electron chi connectivity index (χ1n) is 5.65. The second-order valence-corrected chi connectivity index (χ2v) is 6.73. The molecule has 0 aliphatic heterocycles. The zero-order chi connectivity index (χ0) is 13.9. The van der Waals surface area contributed by atoms with Crippen LogP contribution in [0.15, 0.2) is 51.8 Å². The average Bonchev–Trinajstić information content (AvgIpc) is 2.37. The fourth-order valence-electron chi connectivity index (χ4n) is 1.56. The highest BCUT2D eigenvalue weighted by Gasteiger charge is 2.13. The zero-order valence-corrected chi connectivity index (χ0v) is 12.7. The number of pyridine rings is 1. The maximum Gasteiger partial charge on any atom is 0.240 e. The molecule has 0 aliphatic rings. The molecular formula is C13H13BrN2O2S. The van der Waals surface area contributed by atoms with Crippen molar-refractivity contribution in [3.63, 3.8) is 0 Å². The topological polar surface area (TPSA) is 59.1 Å². The Morgan fingerprint density at radius 1 is 1.16 bits per heavy atom. The first-order chi connectivity index (χ1) is 8.97. The summed E-state index contributed by atoms with van der Waals surface area (Å²) in [4.78, 5) is 4.49. The third-order valence-corrected chi connectivity index (χ3v) is 4.46. The summed E-state index contributed by atoms with van der Waals surface area (Å²) >= 11 is 3.27. The summed E-state index contributed by atoms with van der Waals surface area (Å²) in [6, 6.07) is 12.0. The predicted octanol–water partition coefficient (Wildman–Crippen LogP) is 2.63. The van der Waals surface area contributed by atoms with Crippen molar-refractivity contribution in [1.82, 2.24) is 9.71 Å². The first kappa shape index (κ1) is 14.2. The van der Waals surface area contributed by atoms with E-state index in [4.69, 9.17) is 0 Å². The van der Waals surface area contributed by atoms with Crippen molar-refractivity contribution in [3.8, 4) is 0 Å². The van der Waals surface area contributed by atoms with Gasteiger partial charge in [0, 0.05) is 10.2 Å². The van der Waals surface area contributed by atoms with Crippen molar-refractivity contribution in [2.75, 3.05) is 0 Å². The van der Waals surface area contributed by atoms with Crippen molar-refractivity contribution < 1.29 is 8.42 Å². The lowest BCUT2D eigenvalue weighted by Crippen LogP contribution is -2.23. The zero-order valence-electron chi connectivity index (χ0n) is 10.3. The van der Waals surface area contributed by atoms with E-state index in [0.29, 0.717) is 5.69 Å². The number of nitrogens with one attached hydrogen (secondary N) is 1. The van der Waals surface area contributed by atoms with E-state index < -0.39 is 10.0 Å². The van der Waals surface area contributed by atoms with E-state index in [1.807, 2.05) is 19.1 Å². The molecule has 1 aromatic heterocycles. The summed E-state index contributed by atoms with van der Waals surface area (Å²) < 4.78 is 27.5. The van der Waals surface area contributed by atoms with Gasteiger partial charge in [-0.05, 0) is 43.3 Å². The van der Waals surface area contributed by atoms with E-state index in [1.54, 1.807) is 30.3 Å². The van der Waals surface area contributed by atoms with Gasteiger partial charge in [-0.15, -0.1) is 0 Å². The molecule has 0 saturated heterocycles. The number of benzene rings is 1. The largest absolute Gasteiger partial charge is 0.257 e. The Hall–Kier alpha value is -1.24. The van der Waals surface area contributed by atoms with E-state index in [9.17, 15) is 8.42 Å². The minimum atomic E-state index is -3.50. The number of nitrogens with zero attached hydrogens (tertiary/aromatic N) is 1. The Morgan fingerprint density at radius 3 is 2.47 bits per heavy atom. The molecule has 0 bridgehead atoms. The van der Waals surface area contributed by atoms with Crippen molar-refractivity contribution in [2.45, 2.75) is 18.4 Å². The van der Waals surface area contributed by atoms with Gasteiger partial charge in [0.25, 0.3) is 0 Å². The summed E-state index contributed by atoms with van der Waals surface area (Å²) in [6.07, 6.45) is 0. The molecule has 1 aromatic carbocycles. The molecule has 0 fully saturated rings. The Bertz CT molecular complexity index is 669. The molecule has 4 nitrogen and oxygen atoms in total. The van der Waals surface area contributed by atoms with Crippen LogP contribution in [0, 0.1) is 6.92 Å². The van der Waals surface area contributed by atoms with Gasteiger partial charge in [-0.3, -0.25) is 4.98 Å². The molecule has 1 heterocycles. The number of halogens is 1. The van der Waals surface area contributed by atoms with Crippen LogP contribution in [0.1, 0.15) is 11.4 Å². The fraction of sp³-hybridized carbons (Fsp3) is 0.154. The van der Waals surface area contributed by atoms with Crippen LogP contribution >= 0.6 is 15.9 Å². The summed E-state index contributed by atoms with van der Waals surface area (Å²) in [5.74, 6) is 0. The lowest BCUT2D eigenvalue weighted by atomic mass is 10.3. The highest BCUT2D eigenvalue weighted by Crippen LogP contribution is 2.14. The highest BCUT2D eigenvalue weighted by atomic mass is 79.9. The van der Waals surface area contributed by atoms with E-state index in [-0.39, 0.29) is 11.4 Å². The maximum absolute atomic E-state index is 12.0. The van der Waals surface area contributed by atoms with Crippen LogP contribution in [-0.4, -0.2) is 13.4 Å². The quantitative estimate of drug-likeness (QED) is 0.930. The van der Waals surface area contributed by atoms with E-state index in [1.165, 1.54) is 0 Å². The van der Waals surface area contributed by atoms with Gasteiger partial charge < -0.3 is 0 Å². The molecule has 1 N–H and O–H groups in total. The van der Waals surface area contributed by atoms with Crippen LogP contribution in [0.4, 0.5) is 0 Å². The second-order valence-electron chi connectivity index (χ2n) is 4.05. The van der Waals surface area contributed by atoms with E-state index in [0.717, 1.165) is 10.2 Å². The van der Waals surface area contributed by atoms with Crippen LogP contribution in [-0.2, 0) is 16.6 Å². The van der Waals surface area contributed by atoms with Crippen molar-refractivity contribution in [2.24, 2.45) is 0 Å². The number of hydrogen-bond acceptors (Lipinski definition) is 3. The van der Waals surface area contributed by atoms with Crippen LogP contribution < -0.4 is 4.72 Å². The van der Waals surface area contributed by atoms with Gasteiger partial charge >= 0.3 is 0 Å². The van der Waals surface area contributed by atoms with E-state index in [2.05, 4.69) is 25.6 Å². The number of aryl methyl sites for hydroxylation is 1. The summed E-state index contributed by atoms with van der Waals surface area (Å²) in [5, 5.41) is 0. The number of rotatable bonds is 4. The van der Waals surface area contributed by atoms with Gasteiger partial charge in [0.15, 0.2) is 0 Å². The number of hydrogen-bond donors (Lipinski definition) is 1. The maximum atomic E-state index is 12.0. The van der Waals surface area contributed by atoms with Crippen LogP contribution in [0.5, 0.6) is 0 Å². The molecule has 0 atom stereocenters. The molecule has 0 saturated carbocycles. The van der Waals surface area contributed by atoms with Gasteiger partial charge in [0.05, 0.1) is 17.1 Å². The smallest absolute Gasteiger partial charge is 0.240 e. The highest BCUT2D eigenvalue weighted by molar-refractivity contribution is 9.10. The van der Waals surface area contributed by atoms with Gasteiger partial charge in [0.2, 0.25) is 10.0 Å². The molecule has 100 valence electrons. The second kappa shape index (κ2) is 5.81. The van der Waals surface area contributed by atoms with E-state index >= 15 is 0 Å². The summed E-state index contributed by atoms with van der Waals surface area (Å²) in [5.41, 5.74) is 1.56. The van der Waals surface area contributed by atoms with Gasteiger partial charge in [-0.2, -0.15) is 0 Å². The standard InChI is InChI=1S/C13H13BrN2O2S/c1-10-3-2-4-12(16-10)9-15-19(17,18)13-7-5-11(14)6-8-13/h2-8,15H,9H2,1H3. The number of sulfonamides is 1. The van der Waals surface area contributed by atoms with Crippen molar-refractivity contribution in [1.29, 1.82) is 0 Å². The first-order valence-corrected chi connectivity index (χ1v) is 7.93. The molecule has 2 aromatic rings. The minimum Gasteiger partial charge on any atom is -0.257 e. The molecular weight excluding hydrogens is 328 g/mol. The van der Waals surface area contributed by atoms with Crippen LogP contribution in [0.3, 0.4) is 0 Å². The molecule has 2 rings (SSSR count). The van der Waals surface area contributed by atoms with Gasteiger partial charge in [-0.1, -0.05) is 22.0 Å². The van der Waals surface area contributed by atoms with Crippen molar-refractivity contribution in [3.05, 3.63) is 58.3 Å². The lowest BCUT2D eigenvalue weighted by molar-refractivity contribution is 0.580. The summed E-state index contributed by atoms with van der Waals surface area (Å²) in [7, 11) is -3.50. The summed E-state index contributed by atoms with van der Waals surface area (Å²) in [6.45, 7) is 2.05. The van der Waals surface area contributed by atoms with Crippen LogP contribution in [0.2, 0.25) is 0 Å². The minimum absolute atomic E-state index is 0.181. The predicted molar refractivity (Wildman–Crippen MR) is 77.1 cm³/mol.